The van der Waals surface area contributed by atoms with Crippen LogP contribution in [0.1, 0.15) is 11.1 Å². The lowest BCUT2D eigenvalue weighted by atomic mass is 10.2. The number of carbonyl (C=O) groups excluding carboxylic acids is 1. The van der Waals surface area contributed by atoms with Gasteiger partial charge >= 0.3 is 6.03 Å². The summed E-state index contributed by atoms with van der Waals surface area (Å²) in [6.45, 7) is 5.55. The highest BCUT2D eigenvalue weighted by Crippen LogP contribution is 2.14. The number of urea groups is 1. The molecule has 0 unspecified atom stereocenters. The Bertz CT molecular complexity index is 622. The lowest BCUT2D eigenvalue weighted by molar-refractivity contribution is 0.193. The molecule has 7 heteroatoms. The van der Waals surface area contributed by atoms with Gasteiger partial charge in [-0.05, 0) is 34.9 Å². The van der Waals surface area contributed by atoms with E-state index in [0.717, 1.165) is 19.0 Å². The van der Waals surface area contributed by atoms with Gasteiger partial charge in [-0.2, -0.15) is 11.3 Å². The molecule has 22 heavy (non-hydrogen) atoms. The first-order valence-corrected chi connectivity index (χ1v) is 8.25. The number of hydrogen-bond donors (Lipinski definition) is 1. The molecule has 1 aliphatic heterocycles. The van der Waals surface area contributed by atoms with Crippen LogP contribution in [-0.2, 0) is 6.54 Å². The smallest absolute Gasteiger partial charge is 0.317 e. The third-order valence-corrected chi connectivity index (χ3v) is 4.70. The number of thiophene rings is 1. The van der Waals surface area contributed by atoms with Gasteiger partial charge in [0.1, 0.15) is 0 Å². The summed E-state index contributed by atoms with van der Waals surface area (Å²) in [5, 5.41) is 7.18. The quantitative estimate of drug-likeness (QED) is 0.939. The van der Waals surface area contributed by atoms with E-state index in [-0.39, 0.29) is 6.03 Å². The summed E-state index contributed by atoms with van der Waals surface area (Å²) in [4.78, 5) is 24.7. The lowest BCUT2D eigenvalue weighted by Crippen LogP contribution is -2.52. The monoisotopic (exact) mass is 317 g/mol. The van der Waals surface area contributed by atoms with Crippen LogP contribution in [0.3, 0.4) is 0 Å². The summed E-state index contributed by atoms with van der Waals surface area (Å²) in [5.41, 5.74) is 2.42. The van der Waals surface area contributed by atoms with Crippen molar-refractivity contribution in [2.45, 2.75) is 13.5 Å². The third kappa shape index (κ3) is 3.36. The Morgan fingerprint density at radius 2 is 1.95 bits per heavy atom. The zero-order chi connectivity index (χ0) is 15.4. The molecule has 3 rings (SSSR count). The second-order valence-corrected chi connectivity index (χ2v) is 6.01. The number of anilines is 1. The molecule has 2 amide bonds. The van der Waals surface area contributed by atoms with Crippen LogP contribution in [0.25, 0.3) is 0 Å². The normalized spacial score (nSPS) is 15.0. The van der Waals surface area contributed by atoms with Crippen molar-refractivity contribution >= 4 is 23.3 Å². The topological polar surface area (TPSA) is 61.4 Å². The van der Waals surface area contributed by atoms with Crippen LogP contribution in [0.4, 0.5) is 10.7 Å². The molecule has 0 radical (unpaired) electrons. The number of carbonyl (C=O) groups is 1. The fourth-order valence-electron chi connectivity index (χ4n) is 2.41. The molecule has 0 atom stereocenters. The molecular formula is C15H19N5OS. The summed E-state index contributed by atoms with van der Waals surface area (Å²) in [6, 6.07) is 1.80. The maximum Gasteiger partial charge on any atom is 0.317 e. The average Bonchev–Trinajstić information content (AvgIpc) is 2.99. The highest BCUT2D eigenvalue weighted by molar-refractivity contribution is 7.08. The molecule has 2 aromatic heterocycles. The van der Waals surface area contributed by atoms with Crippen LogP contribution < -0.4 is 10.2 Å². The second kappa shape index (κ2) is 6.74. The molecular weight excluding hydrogens is 298 g/mol. The Labute approximate surface area is 133 Å². The molecule has 0 spiro atoms. The minimum atomic E-state index is -0.000713. The van der Waals surface area contributed by atoms with Gasteiger partial charge in [-0.15, -0.1) is 0 Å². The first-order valence-electron chi connectivity index (χ1n) is 7.30. The number of aromatic nitrogens is 2. The minimum absolute atomic E-state index is 0.000713. The van der Waals surface area contributed by atoms with E-state index in [1.165, 1.54) is 11.1 Å². The molecule has 6 nitrogen and oxygen atoms in total. The van der Waals surface area contributed by atoms with E-state index >= 15 is 0 Å². The van der Waals surface area contributed by atoms with Crippen molar-refractivity contribution in [3.05, 3.63) is 40.3 Å². The van der Waals surface area contributed by atoms with Crippen LogP contribution in [0.15, 0.2) is 29.2 Å². The summed E-state index contributed by atoms with van der Waals surface area (Å²) >= 11 is 1.67. The van der Waals surface area contributed by atoms with Gasteiger partial charge in [0.15, 0.2) is 0 Å². The SMILES string of the molecule is Cc1cscc1CNC(=O)N1CCN(c2ncccn2)CC1. The average molecular weight is 317 g/mol. The fraction of sp³-hybridized carbons (Fsp3) is 0.400. The van der Waals surface area contributed by atoms with Crippen LogP contribution in [-0.4, -0.2) is 47.1 Å². The van der Waals surface area contributed by atoms with Crippen LogP contribution in [0, 0.1) is 6.92 Å². The van der Waals surface area contributed by atoms with Crippen LogP contribution >= 0.6 is 11.3 Å². The van der Waals surface area contributed by atoms with Gasteiger partial charge in [0.25, 0.3) is 0 Å². The molecule has 1 fully saturated rings. The zero-order valence-electron chi connectivity index (χ0n) is 12.5. The summed E-state index contributed by atoms with van der Waals surface area (Å²) < 4.78 is 0. The van der Waals surface area contributed by atoms with Crippen molar-refractivity contribution in [2.24, 2.45) is 0 Å². The Morgan fingerprint density at radius 1 is 1.23 bits per heavy atom. The summed E-state index contributed by atoms with van der Waals surface area (Å²) in [5.74, 6) is 0.733. The molecule has 0 bridgehead atoms. The number of aryl methyl sites for hydroxylation is 1. The molecule has 0 aromatic carbocycles. The Balaban J connectivity index is 1.49. The van der Waals surface area contributed by atoms with Crippen molar-refractivity contribution < 1.29 is 4.79 Å². The van der Waals surface area contributed by atoms with Gasteiger partial charge in [-0.3, -0.25) is 0 Å². The predicted octanol–water partition coefficient (Wildman–Crippen LogP) is 1.88. The number of rotatable bonds is 3. The molecule has 1 N–H and O–H groups in total. The molecule has 1 aliphatic rings. The fourth-order valence-corrected chi connectivity index (χ4v) is 3.27. The van der Waals surface area contributed by atoms with Gasteiger partial charge < -0.3 is 15.1 Å². The molecule has 116 valence electrons. The van der Waals surface area contributed by atoms with E-state index in [1.54, 1.807) is 29.8 Å². The van der Waals surface area contributed by atoms with E-state index < -0.39 is 0 Å². The molecule has 1 saturated heterocycles. The maximum atomic E-state index is 12.2. The highest BCUT2D eigenvalue weighted by Gasteiger charge is 2.22. The highest BCUT2D eigenvalue weighted by atomic mass is 32.1. The van der Waals surface area contributed by atoms with E-state index in [9.17, 15) is 4.79 Å². The van der Waals surface area contributed by atoms with Gasteiger partial charge in [0, 0.05) is 45.1 Å². The van der Waals surface area contributed by atoms with Gasteiger partial charge in [-0.1, -0.05) is 0 Å². The van der Waals surface area contributed by atoms with Crippen molar-refractivity contribution in [1.82, 2.24) is 20.2 Å². The van der Waals surface area contributed by atoms with Gasteiger partial charge in [-0.25, -0.2) is 14.8 Å². The molecule has 0 aliphatic carbocycles. The zero-order valence-corrected chi connectivity index (χ0v) is 13.3. The van der Waals surface area contributed by atoms with E-state index in [1.807, 2.05) is 4.90 Å². The Morgan fingerprint density at radius 3 is 2.59 bits per heavy atom. The van der Waals surface area contributed by atoms with Crippen molar-refractivity contribution in [2.75, 3.05) is 31.1 Å². The van der Waals surface area contributed by atoms with E-state index in [4.69, 9.17) is 0 Å². The predicted molar refractivity (Wildman–Crippen MR) is 87.1 cm³/mol. The number of hydrogen-bond acceptors (Lipinski definition) is 5. The Hall–Kier alpha value is -2.15. The molecule has 2 aromatic rings. The van der Waals surface area contributed by atoms with E-state index in [0.29, 0.717) is 19.6 Å². The van der Waals surface area contributed by atoms with Crippen LogP contribution in [0.2, 0.25) is 0 Å². The van der Waals surface area contributed by atoms with Crippen molar-refractivity contribution in [3.63, 3.8) is 0 Å². The number of piperazine rings is 1. The van der Waals surface area contributed by atoms with Crippen molar-refractivity contribution in [1.29, 1.82) is 0 Å². The first kappa shape index (κ1) is 14.8. The second-order valence-electron chi connectivity index (χ2n) is 5.26. The summed E-state index contributed by atoms with van der Waals surface area (Å²) in [7, 11) is 0. The largest absolute Gasteiger partial charge is 0.337 e. The number of nitrogens with zero attached hydrogens (tertiary/aromatic N) is 4. The lowest BCUT2D eigenvalue weighted by Gasteiger charge is -2.34. The standard InChI is InChI=1S/C15H19N5OS/c1-12-10-22-11-13(12)9-18-15(21)20-7-5-19(6-8-20)14-16-3-2-4-17-14/h2-4,10-11H,5-9H2,1H3,(H,18,21). The maximum absolute atomic E-state index is 12.2. The van der Waals surface area contributed by atoms with Crippen LogP contribution in [0.5, 0.6) is 0 Å². The van der Waals surface area contributed by atoms with Gasteiger partial charge in [0.05, 0.1) is 0 Å². The first-order chi connectivity index (χ1) is 10.7. The van der Waals surface area contributed by atoms with E-state index in [2.05, 4.69) is 37.9 Å². The molecule has 3 heterocycles. The number of amides is 2. The summed E-state index contributed by atoms with van der Waals surface area (Å²) in [6.07, 6.45) is 3.48. The minimum Gasteiger partial charge on any atom is -0.337 e. The third-order valence-electron chi connectivity index (χ3n) is 3.79. The molecule has 0 saturated carbocycles. The van der Waals surface area contributed by atoms with Gasteiger partial charge in [0.2, 0.25) is 5.95 Å². The Kier molecular flexibility index (Phi) is 4.53. The van der Waals surface area contributed by atoms with Crippen molar-refractivity contribution in [3.8, 4) is 0 Å². The number of nitrogens with one attached hydrogen (secondary N) is 1.